The molecule has 1 atom stereocenters. The van der Waals surface area contributed by atoms with Gasteiger partial charge in [0, 0.05) is 11.4 Å². The summed E-state index contributed by atoms with van der Waals surface area (Å²) in [5, 5.41) is 0. The number of amides is 1. The lowest BCUT2D eigenvalue weighted by Gasteiger charge is -2.25. The van der Waals surface area contributed by atoms with E-state index < -0.39 is 0 Å². The number of likely N-dealkylation sites (N-methyl/N-ethyl adjacent to an activating group) is 1. The van der Waals surface area contributed by atoms with Crippen LogP contribution in [-0.4, -0.2) is 28.9 Å². The van der Waals surface area contributed by atoms with Crippen molar-refractivity contribution in [1.29, 1.82) is 0 Å². The monoisotopic (exact) mass is 256 g/mol. The average Bonchev–Trinajstić information content (AvgIpc) is 2.71. The van der Waals surface area contributed by atoms with E-state index in [1.807, 2.05) is 24.4 Å². The molecular formula is C11H20N4OS. The first-order valence-corrected chi connectivity index (χ1v) is 6.57. The van der Waals surface area contributed by atoms with Crippen LogP contribution in [0.4, 0.5) is 0 Å². The third kappa shape index (κ3) is 3.76. The number of nitrogens with zero attached hydrogens (tertiary/aromatic N) is 2. The Labute approximate surface area is 106 Å². The highest BCUT2D eigenvalue weighted by molar-refractivity contribution is 7.09. The number of hydrazine groups is 1. The van der Waals surface area contributed by atoms with Crippen LogP contribution in [-0.2, 0) is 11.3 Å². The minimum Gasteiger partial charge on any atom is -0.293 e. The van der Waals surface area contributed by atoms with Crippen molar-refractivity contribution in [2.24, 2.45) is 5.84 Å². The predicted octanol–water partition coefficient (Wildman–Crippen LogP) is 1.04. The van der Waals surface area contributed by atoms with E-state index in [0.29, 0.717) is 0 Å². The molecule has 1 rings (SSSR count). The van der Waals surface area contributed by atoms with E-state index in [4.69, 9.17) is 5.84 Å². The maximum Gasteiger partial charge on any atom is 0.251 e. The van der Waals surface area contributed by atoms with Crippen molar-refractivity contribution >= 4 is 17.2 Å². The first-order valence-electron chi connectivity index (χ1n) is 5.69. The Kier molecular flexibility index (Phi) is 5.54. The van der Waals surface area contributed by atoms with Gasteiger partial charge >= 0.3 is 0 Å². The molecule has 0 aromatic carbocycles. The van der Waals surface area contributed by atoms with Crippen LogP contribution in [0.25, 0.3) is 0 Å². The Morgan fingerprint density at radius 3 is 2.88 bits per heavy atom. The van der Waals surface area contributed by atoms with Crippen LogP contribution in [0, 0.1) is 6.92 Å². The number of aryl methyl sites for hydroxylation is 1. The van der Waals surface area contributed by atoms with Crippen molar-refractivity contribution in [2.75, 3.05) is 7.05 Å². The van der Waals surface area contributed by atoms with Crippen LogP contribution < -0.4 is 11.3 Å². The highest BCUT2D eigenvalue weighted by atomic mass is 32.1. The third-order valence-electron chi connectivity index (χ3n) is 2.78. The quantitative estimate of drug-likeness (QED) is 0.453. The van der Waals surface area contributed by atoms with Crippen molar-refractivity contribution in [3.63, 3.8) is 0 Å². The van der Waals surface area contributed by atoms with Gasteiger partial charge in [0.2, 0.25) is 0 Å². The highest BCUT2D eigenvalue weighted by Gasteiger charge is 2.22. The van der Waals surface area contributed by atoms with Gasteiger partial charge in [-0.3, -0.25) is 15.1 Å². The molecule has 0 saturated heterocycles. The number of hydrogen-bond acceptors (Lipinski definition) is 5. The van der Waals surface area contributed by atoms with E-state index >= 15 is 0 Å². The molecule has 0 fully saturated rings. The molecule has 96 valence electrons. The third-order valence-corrected chi connectivity index (χ3v) is 3.70. The second-order valence-electron chi connectivity index (χ2n) is 4.09. The number of thiazole rings is 1. The standard InChI is InChI=1S/C11H20N4OS/c1-4-5-9(11(16)14-12)15(3)6-10-8(2)13-7-17-10/h7,9H,4-6,12H2,1-3H3,(H,14,16). The number of aromatic nitrogens is 1. The van der Waals surface area contributed by atoms with Crippen molar-refractivity contribution in [2.45, 2.75) is 39.3 Å². The van der Waals surface area contributed by atoms with Gasteiger partial charge in [0.05, 0.1) is 17.2 Å². The van der Waals surface area contributed by atoms with Crippen LogP contribution in [0.5, 0.6) is 0 Å². The van der Waals surface area contributed by atoms with Gasteiger partial charge in [-0.25, -0.2) is 10.8 Å². The fraction of sp³-hybridized carbons (Fsp3) is 0.636. The molecule has 17 heavy (non-hydrogen) atoms. The van der Waals surface area contributed by atoms with E-state index in [9.17, 15) is 4.79 Å². The predicted molar refractivity (Wildman–Crippen MR) is 69.3 cm³/mol. The molecule has 3 N–H and O–H groups in total. The Morgan fingerprint density at radius 1 is 1.71 bits per heavy atom. The van der Waals surface area contributed by atoms with Crippen LogP contribution in [0.1, 0.15) is 30.3 Å². The lowest BCUT2D eigenvalue weighted by Crippen LogP contribution is -2.47. The molecule has 1 heterocycles. The zero-order valence-corrected chi connectivity index (χ0v) is 11.4. The molecule has 1 aromatic heterocycles. The number of nitrogens with one attached hydrogen (secondary N) is 1. The van der Waals surface area contributed by atoms with E-state index in [1.165, 1.54) is 4.88 Å². The van der Waals surface area contributed by atoms with Crippen LogP contribution in [0.3, 0.4) is 0 Å². The summed E-state index contributed by atoms with van der Waals surface area (Å²) in [7, 11) is 1.94. The number of rotatable bonds is 6. The van der Waals surface area contributed by atoms with Gasteiger partial charge < -0.3 is 0 Å². The Balaban J connectivity index is 2.68. The van der Waals surface area contributed by atoms with Crippen LogP contribution in [0.2, 0.25) is 0 Å². The molecule has 0 saturated carbocycles. The van der Waals surface area contributed by atoms with Crippen LogP contribution in [0.15, 0.2) is 5.51 Å². The summed E-state index contributed by atoms with van der Waals surface area (Å²) in [6, 6.07) is -0.175. The summed E-state index contributed by atoms with van der Waals surface area (Å²) >= 11 is 1.62. The summed E-state index contributed by atoms with van der Waals surface area (Å²) in [6.07, 6.45) is 1.75. The van der Waals surface area contributed by atoms with Gasteiger partial charge in [-0.1, -0.05) is 13.3 Å². The minimum absolute atomic E-state index is 0.128. The van der Waals surface area contributed by atoms with Gasteiger partial charge in [-0.05, 0) is 20.4 Å². The van der Waals surface area contributed by atoms with Crippen molar-refractivity contribution < 1.29 is 4.79 Å². The van der Waals surface area contributed by atoms with Gasteiger partial charge in [0.15, 0.2) is 0 Å². The Bertz CT molecular complexity index is 366. The zero-order chi connectivity index (χ0) is 12.8. The molecule has 5 nitrogen and oxygen atoms in total. The highest BCUT2D eigenvalue weighted by Crippen LogP contribution is 2.17. The first-order chi connectivity index (χ1) is 8.10. The topological polar surface area (TPSA) is 71.2 Å². The molecule has 0 aliphatic heterocycles. The van der Waals surface area contributed by atoms with Crippen molar-refractivity contribution in [1.82, 2.24) is 15.3 Å². The molecular weight excluding hydrogens is 236 g/mol. The normalized spacial score (nSPS) is 12.8. The molecule has 1 aromatic rings. The van der Waals surface area contributed by atoms with Crippen molar-refractivity contribution in [3.05, 3.63) is 16.1 Å². The summed E-state index contributed by atoms with van der Waals surface area (Å²) in [6.45, 7) is 4.77. The second kappa shape index (κ2) is 6.68. The maximum absolute atomic E-state index is 11.7. The fourth-order valence-electron chi connectivity index (χ4n) is 1.74. The molecule has 1 unspecified atom stereocenters. The Morgan fingerprint density at radius 2 is 2.41 bits per heavy atom. The van der Waals surface area contributed by atoms with Crippen molar-refractivity contribution in [3.8, 4) is 0 Å². The lowest BCUT2D eigenvalue weighted by atomic mass is 10.1. The molecule has 1 amide bonds. The molecule has 0 spiro atoms. The maximum atomic E-state index is 11.7. The van der Waals surface area contributed by atoms with E-state index in [0.717, 1.165) is 25.1 Å². The number of nitrogens with two attached hydrogens (primary N) is 1. The first kappa shape index (κ1) is 14.1. The summed E-state index contributed by atoms with van der Waals surface area (Å²) < 4.78 is 0. The smallest absolute Gasteiger partial charge is 0.251 e. The van der Waals surface area contributed by atoms with Gasteiger partial charge in [0.25, 0.3) is 5.91 Å². The molecule has 0 aliphatic rings. The largest absolute Gasteiger partial charge is 0.293 e. The molecule has 0 bridgehead atoms. The number of hydrogen-bond donors (Lipinski definition) is 2. The summed E-state index contributed by atoms with van der Waals surface area (Å²) in [5.41, 5.74) is 5.09. The number of carbonyl (C=O) groups excluding carboxylic acids is 1. The summed E-state index contributed by atoms with van der Waals surface area (Å²) in [4.78, 5) is 19.1. The SMILES string of the molecule is CCCC(C(=O)NN)N(C)Cc1scnc1C. The molecule has 0 radical (unpaired) electrons. The van der Waals surface area contributed by atoms with E-state index in [2.05, 4.69) is 17.3 Å². The minimum atomic E-state index is -0.175. The van der Waals surface area contributed by atoms with E-state index in [-0.39, 0.29) is 11.9 Å². The number of carbonyl (C=O) groups is 1. The molecule has 6 heteroatoms. The average molecular weight is 256 g/mol. The Hall–Kier alpha value is -0.980. The summed E-state index contributed by atoms with van der Waals surface area (Å²) in [5.74, 6) is 5.08. The van der Waals surface area contributed by atoms with Gasteiger partial charge in [0.1, 0.15) is 0 Å². The fourth-order valence-corrected chi connectivity index (χ4v) is 2.58. The van der Waals surface area contributed by atoms with Gasteiger partial charge in [-0.15, -0.1) is 11.3 Å². The van der Waals surface area contributed by atoms with Crippen LogP contribution >= 0.6 is 11.3 Å². The van der Waals surface area contributed by atoms with Gasteiger partial charge in [-0.2, -0.15) is 0 Å². The zero-order valence-electron chi connectivity index (χ0n) is 10.6. The second-order valence-corrected chi connectivity index (χ2v) is 5.03. The lowest BCUT2D eigenvalue weighted by molar-refractivity contribution is -0.126. The van der Waals surface area contributed by atoms with E-state index in [1.54, 1.807) is 11.3 Å². The molecule has 0 aliphatic carbocycles.